The van der Waals surface area contributed by atoms with Gasteiger partial charge in [-0.1, -0.05) is 6.92 Å². The molecule has 2 saturated heterocycles. The van der Waals surface area contributed by atoms with E-state index in [4.69, 9.17) is 9.47 Å². The molecule has 1 unspecified atom stereocenters. The Morgan fingerprint density at radius 1 is 0.909 bits per heavy atom. The molecule has 3 heterocycles. The molecule has 2 fully saturated rings. The van der Waals surface area contributed by atoms with Gasteiger partial charge in [-0.3, -0.25) is 0 Å². The minimum atomic E-state index is -4.48. The lowest BCUT2D eigenvalue weighted by molar-refractivity contribution is -0.138. The summed E-state index contributed by atoms with van der Waals surface area (Å²) in [5, 5.41) is 0. The molecular formula is C23H24F6N2O2. The number of pyridine rings is 1. The predicted molar refractivity (Wildman–Crippen MR) is 109 cm³/mol. The molecule has 0 amide bonds. The van der Waals surface area contributed by atoms with E-state index < -0.39 is 23.5 Å². The molecule has 1 aromatic heterocycles. The summed E-state index contributed by atoms with van der Waals surface area (Å²) in [5.41, 5.74) is -1.59. The third-order valence-corrected chi connectivity index (χ3v) is 6.06. The molecule has 0 N–H and O–H groups in total. The standard InChI is InChI=1S/C23H24F6N2O2/c1-2-9-32-20-10-14(22(24,25)26)3-7-19(20)33-18-11-16-5-6-17(12-18)31(16)21-8-4-15(13-30-21)23(27,28)29/h3-4,7-8,10,13,16-18H,2,5-6,9,11-12H2,1H3/t16-,17+,18?. The maximum absolute atomic E-state index is 13.1. The summed E-state index contributed by atoms with van der Waals surface area (Å²) in [6.07, 6.45) is -4.81. The van der Waals surface area contributed by atoms with E-state index in [0.717, 1.165) is 37.2 Å². The molecule has 0 spiro atoms. The molecule has 0 aliphatic carbocycles. The fraction of sp³-hybridized carbons (Fsp3) is 0.522. The van der Waals surface area contributed by atoms with Gasteiger partial charge in [-0.2, -0.15) is 26.3 Å². The lowest BCUT2D eigenvalue weighted by atomic mass is 9.99. The van der Waals surface area contributed by atoms with E-state index in [1.54, 1.807) is 0 Å². The highest BCUT2D eigenvalue weighted by Gasteiger charge is 2.43. The number of aromatic nitrogens is 1. The average Bonchev–Trinajstić information content (AvgIpc) is 3.02. The lowest BCUT2D eigenvalue weighted by Crippen LogP contribution is -2.46. The zero-order valence-electron chi connectivity index (χ0n) is 17.9. The molecular weight excluding hydrogens is 450 g/mol. The van der Waals surface area contributed by atoms with Gasteiger partial charge in [0.05, 0.1) is 17.7 Å². The van der Waals surface area contributed by atoms with E-state index >= 15 is 0 Å². The van der Waals surface area contributed by atoms with Gasteiger partial charge in [0.1, 0.15) is 11.9 Å². The predicted octanol–water partition coefficient (Wildman–Crippen LogP) is 6.49. The first kappa shape index (κ1) is 23.5. The van der Waals surface area contributed by atoms with Crippen molar-refractivity contribution >= 4 is 5.82 Å². The van der Waals surface area contributed by atoms with Crippen LogP contribution in [0.1, 0.15) is 50.2 Å². The Hall–Kier alpha value is -2.65. The number of hydrogen-bond donors (Lipinski definition) is 0. The number of halogens is 6. The van der Waals surface area contributed by atoms with E-state index in [1.807, 2.05) is 11.8 Å². The Morgan fingerprint density at radius 2 is 1.55 bits per heavy atom. The summed E-state index contributed by atoms with van der Waals surface area (Å²) in [5.74, 6) is 0.822. The van der Waals surface area contributed by atoms with Gasteiger partial charge in [0.25, 0.3) is 0 Å². The second kappa shape index (κ2) is 8.95. The molecule has 4 nitrogen and oxygen atoms in total. The molecule has 2 bridgehead atoms. The number of benzene rings is 1. The van der Waals surface area contributed by atoms with Crippen molar-refractivity contribution in [2.75, 3.05) is 11.5 Å². The van der Waals surface area contributed by atoms with E-state index in [1.165, 1.54) is 12.1 Å². The average molecular weight is 474 g/mol. The molecule has 0 radical (unpaired) electrons. The Bertz CT molecular complexity index is 947. The fourth-order valence-electron chi connectivity index (χ4n) is 4.59. The van der Waals surface area contributed by atoms with Crippen LogP contribution < -0.4 is 14.4 Å². The van der Waals surface area contributed by atoms with Gasteiger partial charge in [-0.15, -0.1) is 0 Å². The Balaban J connectivity index is 1.48. The Labute approximate surface area is 187 Å². The largest absolute Gasteiger partial charge is 0.490 e. The quantitative estimate of drug-likeness (QED) is 0.449. The van der Waals surface area contributed by atoms with Crippen LogP contribution in [0.25, 0.3) is 0 Å². The van der Waals surface area contributed by atoms with Crippen molar-refractivity contribution in [2.24, 2.45) is 0 Å². The smallest absolute Gasteiger partial charge is 0.417 e. The van der Waals surface area contributed by atoms with Crippen LogP contribution in [0.4, 0.5) is 32.2 Å². The summed E-state index contributed by atoms with van der Waals surface area (Å²) in [4.78, 5) is 6.08. The highest BCUT2D eigenvalue weighted by molar-refractivity contribution is 5.46. The van der Waals surface area contributed by atoms with E-state index in [2.05, 4.69) is 4.98 Å². The van der Waals surface area contributed by atoms with Gasteiger partial charge in [0.2, 0.25) is 0 Å². The fourth-order valence-corrected chi connectivity index (χ4v) is 4.59. The molecule has 10 heteroatoms. The molecule has 4 rings (SSSR count). The number of hydrogen-bond acceptors (Lipinski definition) is 4. The monoisotopic (exact) mass is 474 g/mol. The van der Waals surface area contributed by atoms with Crippen molar-refractivity contribution in [3.05, 3.63) is 47.7 Å². The van der Waals surface area contributed by atoms with Gasteiger partial charge >= 0.3 is 12.4 Å². The van der Waals surface area contributed by atoms with Crippen LogP contribution >= 0.6 is 0 Å². The summed E-state index contributed by atoms with van der Waals surface area (Å²) in [6.45, 7) is 2.12. The van der Waals surface area contributed by atoms with Gasteiger partial charge < -0.3 is 14.4 Å². The number of anilines is 1. The third kappa shape index (κ3) is 5.14. The first-order valence-electron chi connectivity index (χ1n) is 10.9. The third-order valence-electron chi connectivity index (χ3n) is 6.06. The maximum atomic E-state index is 13.1. The second-order valence-corrected chi connectivity index (χ2v) is 8.41. The zero-order valence-corrected chi connectivity index (χ0v) is 17.9. The van der Waals surface area contributed by atoms with Crippen LogP contribution in [0.3, 0.4) is 0 Å². The molecule has 33 heavy (non-hydrogen) atoms. The molecule has 180 valence electrons. The lowest BCUT2D eigenvalue weighted by Gasteiger charge is -2.39. The number of piperidine rings is 1. The normalized spacial score (nSPS) is 23.0. The van der Waals surface area contributed by atoms with E-state index in [9.17, 15) is 26.3 Å². The van der Waals surface area contributed by atoms with Crippen molar-refractivity contribution in [1.82, 2.24) is 4.98 Å². The summed E-state index contributed by atoms with van der Waals surface area (Å²) in [6, 6.07) is 5.72. The van der Waals surface area contributed by atoms with Gasteiger partial charge in [-0.05, 0) is 49.6 Å². The Kier molecular flexibility index (Phi) is 6.37. The minimum Gasteiger partial charge on any atom is -0.490 e. The van der Waals surface area contributed by atoms with Crippen LogP contribution in [0.2, 0.25) is 0 Å². The van der Waals surface area contributed by atoms with Crippen LogP contribution in [0.5, 0.6) is 11.5 Å². The van der Waals surface area contributed by atoms with Crippen LogP contribution in [0.15, 0.2) is 36.5 Å². The number of fused-ring (bicyclic) bond motifs is 2. The zero-order chi connectivity index (χ0) is 23.8. The minimum absolute atomic E-state index is 0.0347. The van der Waals surface area contributed by atoms with Crippen molar-refractivity contribution in [1.29, 1.82) is 0 Å². The van der Waals surface area contributed by atoms with Gasteiger partial charge in [0.15, 0.2) is 11.5 Å². The van der Waals surface area contributed by atoms with Crippen LogP contribution in [-0.2, 0) is 12.4 Å². The molecule has 2 aliphatic rings. The first-order valence-corrected chi connectivity index (χ1v) is 10.9. The number of nitrogens with zero attached hydrogens (tertiary/aromatic N) is 2. The summed E-state index contributed by atoms with van der Waals surface area (Å²) >= 11 is 0. The van der Waals surface area contributed by atoms with Gasteiger partial charge in [-0.25, -0.2) is 4.98 Å². The summed E-state index contributed by atoms with van der Waals surface area (Å²) in [7, 11) is 0. The number of ether oxygens (including phenoxy) is 2. The van der Waals surface area contributed by atoms with Crippen LogP contribution in [0, 0.1) is 0 Å². The van der Waals surface area contributed by atoms with E-state index in [0.29, 0.717) is 25.1 Å². The SMILES string of the molecule is CCCOc1cc(C(F)(F)F)ccc1OC1C[C@H]2CC[C@@H](C1)N2c1ccc(C(F)(F)F)cn1. The first-order chi connectivity index (χ1) is 15.6. The Morgan fingerprint density at radius 3 is 2.09 bits per heavy atom. The van der Waals surface area contributed by atoms with Crippen LogP contribution in [-0.4, -0.2) is 29.8 Å². The topological polar surface area (TPSA) is 34.6 Å². The van der Waals surface area contributed by atoms with Crippen molar-refractivity contribution in [2.45, 2.75) is 69.6 Å². The highest BCUT2D eigenvalue weighted by Crippen LogP contribution is 2.42. The molecule has 3 atom stereocenters. The molecule has 0 saturated carbocycles. The van der Waals surface area contributed by atoms with Gasteiger partial charge in [0, 0.05) is 31.1 Å². The maximum Gasteiger partial charge on any atom is 0.417 e. The summed E-state index contributed by atoms with van der Waals surface area (Å²) < 4.78 is 89.5. The van der Waals surface area contributed by atoms with Crippen molar-refractivity contribution < 1.29 is 35.8 Å². The van der Waals surface area contributed by atoms with E-state index in [-0.39, 0.29) is 36.3 Å². The number of alkyl halides is 6. The van der Waals surface area contributed by atoms with Crippen molar-refractivity contribution in [3.63, 3.8) is 0 Å². The molecule has 1 aromatic carbocycles. The number of rotatable bonds is 6. The highest BCUT2D eigenvalue weighted by atomic mass is 19.4. The molecule has 2 aliphatic heterocycles. The second-order valence-electron chi connectivity index (χ2n) is 8.41. The van der Waals surface area contributed by atoms with Crippen molar-refractivity contribution in [3.8, 4) is 11.5 Å². The molecule has 2 aromatic rings.